The van der Waals surface area contributed by atoms with Gasteiger partial charge in [-0.1, -0.05) is 23.7 Å². The van der Waals surface area contributed by atoms with E-state index >= 15 is 0 Å². The van der Waals surface area contributed by atoms with Gasteiger partial charge in [-0.15, -0.1) is 0 Å². The molecule has 0 bridgehead atoms. The molecule has 0 saturated heterocycles. The first-order chi connectivity index (χ1) is 10.9. The highest BCUT2D eigenvalue weighted by atomic mass is 35.5. The third kappa shape index (κ3) is 4.62. The Balaban J connectivity index is 1.93. The van der Waals surface area contributed by atoms with Crippen molar-refractivity contribution in [2.24, 2.45) is 0 Å². The Morgan fingerprint density at radius 3 is 2.57 bits per heavy atom. The van der Waals surface area contributed by atoms with Gasteiger partial charge in [0.15, 0.2) is 0 Å². The van der Waals surface area contributed by atoms with Gasteiger partial charge in [-0.05, 0) is 18.2 Å². The second-order valence-corrected chi connectivity index (χ2v) is 6.57. The van der Waals surface area contributed by atoms with Crippen molar-refractivity contribution >= 4 is 33.0 Å². The molecule has 2 rings (SSSR count). The summed E-state index contributed by atoms with van der Waals surface area (Å²) < 4.78 is 26.4. The quantitative estimate of drug-likeness (QED) is 0.339. The molecule has 122 valence electrons. The van der Waals surface area contributed by atoms with E-state index in [-0.39, 0.29) is 28.8 Å². The molecule has 8 nitrogen and oxygen atoms in total. The van der Waals surface area contributed by atoms with Crippen molar-refractivity contribution in [3.05, 3.63) is 57.9 Å². The highest BCUT2D eigenvalue weighted by molar-refractivity contribution is 7.89. The van der Waals surface area contributed by atoms with E-state index in [1.165, 1.54) is 18.2 Å². The van der Waals surface area contributed by atoms with E-state index in [4.69, 9.17) is 11.6 Å². The molecule has 0 aliphatic carbocycles. The van der Waals surface area contributed by atoms with E-state index in [2.05, 4.69) is 15.0 Å². The van der Waals surface area contributed by atoms with E-state index in [0.717, 1.165) is 6.20 Å². The molecule has 0 aliphatic rings. The largest absolute Gasteiger partial charge is 0.378 e. The van der Waals surface area contributed by atoms with E-state index in [1.807, 2.05) is 0 Å². The van der Waals surface area contributed by atoms with E-state index < -0.39 is 14.9 Å². The summed E-state index contributed by atoms with van der Waals surface area (Å²) in [5.41, 5.74) is 0.252. The molecule has 0 radical (unpaired) electrons. The number of rotatable bonds is 7. The Morgan fingerprint density at radius 2 is 1.91 bits per heavy atom. The van der Waals surface area contributed by atoms with Crippen molar-refractivity contribution in [3.8, 4) is 0 Å². The fourth-order valence-corrected chi connectivity index (χ4v) is 2.86. The Kier molecular flexibility index (Phi) is 5.48. The van der Waals surface area contributed by atoms with Gasteiger partial charge in [-0.2, -0.15) is 0 Å². The Labute approximate surface area is 137 Å². The first-order valence-corrected chi connectivity index (χ1v) is 8.35. The molecule has 0 atom stereocenters. The topological polar surface area (TPSA) is 114 Å². The lowest BCUT2D eigenvalue weighted by Gasteiger charge is -2.09. The molecule has 0 spiro atoms. The lowest BCUT2D eigenvalue weighted by atomic mass is 10.2. The number of nitro groups is 1. The molecule has 0 amide bonds. The number of hydrogen-bond acceptors (Lipinski definition) is 6. The zero-order valence-electron chi connectivity index (χ0n) is 11.8. The first kappa shape index (κ1) is 17.1. The van der Waals surface area contributed by atoms with Gasteiger partial charge in [0.2, 0.25) is 10.0 Å². The smallest absolute Gasteiger partial charge is 0.292 e. The number of sulfonamides is 1. The SMILES string of the molecule is O=[N+]([O-])c1ccccc1NCCNS(=O)(=O)c1ccc(Cl)nc1. The van der Waals surface area contributed by atoms with E-state index in [0.29, 0.717) is 5.69 Å². The van der Waals surface area contributed by atoms with Crippen molar-refractivity contribution in [3.63, 3.8) is 0 Å². The van der Waals surface area contributed by atoms with Crippen molar-refractivity contribution in [1.29, 1.82) is 0 Å². The number of benzene rings is 1. The lowest BCUT2D eigenvalue weighted by Crippen LogP contribution is -2.29. The zero-order chi connectivity index (χ0) is 16.9. The number of para-hydroxylation sites is 2. The van der Waals surface area contributed by atoms with Crippen molar-refractivity contribution in [2.45, 2.75) is 4.90 Å². The molecule has 0 saturated carbocycles. The number of hydrogen-bond donors (Lipinski definition) is 2. The average molecular weight is 357 g/mol. The second kappa shape index (κ2) is 7.36. The monoisotopic (exact) mass is 356 g/mol. The maximum Gasteiger partial charge on any atom is 0.292 e. The van der Waals surface area contributed by atoms with Gasteiger partial charge in [0.05, 0.1) is 4.92 Å². The van der Waals surface area contributed by atoms with Crippen LogP contribution in [0.1, 0.15) is 0 Å². The number of nitro benzene ring substituents is 1. The first-order valence-electron chi connectivity index (χ1n) is 6.48. The minimum Gasteiger partial charge on any atom is -0.378 e. The van der Waals surface area contributed by atoms with Crippen molar-refractivity contribution in [1.82, 2.24) is 9.71 Å². The van der Waals surface area contributed by atoms with Crippen LogP contribution in [0.4, 0.5) is 11.4 Å². The van der Waals surface area contributed by atoms with Crippen LogP contribution in [-0.2, 0) is 10.0 Å². The third-order valence-electron chi connectivity index (χ3n) is 2.84. The molecule has 23 heavy (non-hydrogen) atoms. The average Bonchev–Trinajstić information content (AvgIpc) is 2.52. The second-order valence-electron chi connectivity index (χ2n) is 4.42. The summed E-state index contributed by atoms with van der Waals surface area (Å²) >= 11 is 5.61. The molecule has 2 N–H and O–H groups in total. The van der Waals surface area contributed by atoms with Crippen molar-refractivity contribution < 1.29 is 13.3 Å². The Morgan fingerprint density at radius 1 is 1.17 bits per heavy atom. The predicted molar refractivity (Wildman–Crippen MR) is 86.0 cm³/mol. The van der Waals surface area contributed by atoms with Crippen LogP contribution >= 0.6 is 11.6 Å². The van der Waals surface area contributed by atoms with E-state index in [9.17, 15) is 18.5 Å². The summed E-state index contributed by atoms with van der Waals surface area (Å²) in [5.74, 6) is 0. The van der Waals surface area contributed by atoms with Gasteiger partial charge in [0.25, 0.3) is 5.69 Å². The predicted octanol–water partition coefficient (Wildman–Crippen LogP) is 2.03. The van der Waals surface area contributed by atoms with Gasteiger partial charge in [-0.25, -0.2) is 18.1 Å². The van der Waals surface area contributed by atoms with Gasteiger partial charge >= 0.3 is 0 Å². The summed E-state index contributed by atoms with van der Waals surface area (Å²) in [6.07, 6.45) is 1.15. The van der Waals surface area contributed by atoms with Crippen LogP contribution < -0.4 is 10.0 Å². The molecule has 10 heteroatoms. The fourth-order valence-electron chi connectivity index (χ4n) is 1.77. The van der Waals surface area contributed by atoms with Gasteiger partial charge < -0.3 is 5.32 Å². The normalized spacial score (nSPS) is 11.2. The number of aromatic nitrogens is 1. The summed E-state index contributed by atoms with van der Waals surface area (Å²) in [4.78, 5) is 14.1. The van der Waals surface area contributed by atoms with Gasteiger partial charge in [-0.3, -0.25) is 10.1 Å². The fraction of sp³-hybridized carbons (Fsp3) is 0.154. The molecule has 2 aromatic rings. The van der Waals surface area contributed by atoms with Crippen molar-refractivity contribution in [2.75, 3.05) is 18.4 Å². The zero-order valence-corrected chi connectivity index (χ0v) is 13.3. The molecule has 0 unspecified atom stereocenters. The molecule has 1 aromatic heterocycles. The molecule has 1 heterocycles. The molecule has 0 fully saturated rings. The van der Waals surface area contributed by atoms with Crippen LogP contribution in [0, 0.1) is 10.1 Å². The molecule has 1 aromatic carbocycles. The Bertz CT molecular complexity index is 796. The number of halogens is 1. The van der Waals surface area contributed by atoms with Crippen LogP contribution in [0.3, 0.4) is 0 Å². The van der Waals surface area contributed by atoms with Crippen LogP contribution in [0.15, 0.2) is 47.5 Å². The summed E-state index contributed by atoms with van der Waals surface area (Å²) in [6, 6.07) is 8.84. The standard InChI is InChI=1S/C13H13ClN4O4S/c14-13-6-5-10(9-16-13)23(21,22)17-8-7-15-11-3-1-2-4-12(11)18(19)20/h1-6,9,15,17H,7-8H2. The highest BCUT2D eigenvalue weighted by Gasteiger charge is 2.15. The van der Waals surface area contributed by atoms with Crippen LogP contribution in [0.25, 0.3) is 0 Å². The third-order valence-corrected chi connectivity index (χ3v) is 4.51. The van der Waals surface area contributed by atoms with Crippen LogP contribution in [-0.4, -0.2) is 31.4 Å². The summed E-state index contributed by atoms with van der Waals surface area (Å²) in [7, 11) is -3.70. The van der Waals surface area contributed by atoms with E-state index in [1.54, 1.807) is 18.2 Å². The highest BCUT2D eigenvalue weighted by Crippen LogP contribution is 2.22. The minimum atomic E-state index is -3.70. The Hall–Kier alpha value is -2.23. The maximum atomic E-state index is 12.0. The number of pyridine rings is 1. The maximum absolute atomic E-state index is 12.0. The lowest BCUT2D eigenvalue weighted by molar-refractivity contribution is -0.384. The number of nitrogens with one attached hydrogen (secondary N) is 2. The number of anilines is 1. The number of nitrogens with zero attached hydrogens (tertiary/aromatic N) is 2. The summed E-state index contributed by atoms with van der Waals surface area (Å²) in [5, 5.41) is 13.9. The van der Waals surface area contributed by atoms with Gasteiger partial charge in [0.1, 0.15) is 15.7 Å². The van der Waals surface area contributed by atoms with Crippen LogP contribution in [0.2, 0.25) is 5.15 Å². The molecular weight excluding hydrogens is 344 g/mol. The molecular formula is C13H13ClN4O4S. The van der Waals surface area contributed by atoms with Gasteiger partial charge in [0, 0.05) is 25.4 Å². The minimum absolute atomic E-state index is 0.00686. The van der Waals surface area contributed by atoms with Crippen LogP contribution in [0.5, 0.6) is 0 Å². The summed E-state index contributed by atoms with van der Waals surface area (Å²) in [6.45, 7) is 0.238. The molecule has 0 aliphatic heterocycles.